The van der Waals surface area contributed by atoms with E-state index in [1.165, 1.54) is 38.8 Å². The zero-order chi connectivity index (χ0) is 9.64. The maximum Gasteiger partial charge on any atom is 0.0594 e. The van der Waals surface area contributed by atoms with E-state index in [4.69, 9.17) is 4.74 Å². The molecule has 82 valence electrons. The number of hydrogen-bond acceptors (Lipinski definition) is 3. The second-order valence-corrected chi connectivity index (χ2v) is 4.41. The van der Waals surface area contributed by atoms with Gasteiger partial charge < -0.3 is 10.1 Å². The maximum absolute atomic E-state index is 5.35. The van der Waals surface area contributed by atoms with Crippen molar-refractivity contribution < 1.29 is 4.74 Å². The summed E-state index contributed by atoms with van der Waals surface area (Å²) in [6.45, 7) is 6.54. The molecule has 3 nitrogen and oxygen atoms in total. The fourth-order valence-corrected chi connectivity index (χ4v) is 2.35. The van der Waals surface area contributed by atoms with Gasteiger partial charge in [0.15, 0.2) is 0 Å². The Bertz CT molecular complexity index is 149. The minimum atomic E-state index is 0.732. The number of morpholine rings is 1. The monoisotopic (exact) mass is 198 g/mol. The van der Waals surface area contributed by atoms with Crippen molar-refractivity contribution in [2.75, 3.05) is 39.4 Å². The Balaban J connectivity index is 1.71. The van der Waals surface area contributed by atoms with Gasteiger partial charge in [-0.05, 0) is 19.4 Å². The summed E-state index contributed by atoms with van der Waals surface area (Å²) in [5, 5.41) is 3.65. The Kier molecular flexibility index (Phi) is 4.22. The second kappa shape index (κ2) is 5.69. The van der Waals surface area contributed by atoms with Gasteiger partial charge in [-0.25, -0.2) is 0 Å². The molecule has 2 rings (SSSR count). The average molecular weight is 198 g/mol. The van der Waals surface area contributed by atoms with Crippen LogP contribution in [0.15, 0.2) is 0 Å². The molecule has 0 aromatic rings. The molecule has 0 amide bonds. The van der Waals surface area contributed by atoms with Crippen LogP contribution >= 0.6 is 0 Å². The quantitative estimate of drug-likeness (QED) is 0.712. The summed E-state index contributed by atoms with van der Waals surface area (Å²) in [7, 11) is 0. The Morgan fingerprint density at radius 3 is 2.86 bits per heavy atom. The van der Waals surface area contributed by atoms with Gasteiger partial charge in [0.2, 0.25) is 0 Å². The normalized spacial score (nSPS) is 31.3. The standard InChI is InChI=1S/C11H22N2O/c1-2-4-11(12-5-3-1)10-13-6-8-14-9-7-13/h11-12H,1-10H2/t11-/m1/s1. The fourth-order valence-electron chi connectivity index (χ4n) is 2.35. The maximum atomic E-state index is 5.35. The van der Waals surface area contributed by atoms with Crippen LogP contribution in [0.1, 0.15) is 25.7 Å². The first-order valence-electron chi connectivity index (χ1n) is 5.98. The van der Waals surface area contributed by atoms with Crippen LogP contribution in [0.3, 0.4) is 0 Å². The average Bonchev–Trinajstić information content (AvgIpc) is 2.48. The number of hydrogen-bond donors (Lipinski definition) is 1. The van der Waals surface area contributed by atoms with Crippen LogP contribution in [-0.4, -0.2) is 50.3 Å². The summed E-state index contributed by atoms with van der Waals surface area (Å²) < 4.78 is 5.35. The second-order valence-electron chi connectivity index (χ2n) is 4.41. The Hall–Kier alpha value is -0.120. The van der Waals surface area contributed by atoms with Crippen molar-refractivity contribution in [3.8, 4) is 0 Å². The van der Waals surface area contributed by atoms with Crippen molar-refractivity contribution in [1.82, 2.24) is 10.2 Å². The molecule has 0 radical (unpaired) electrons. The first kappa shape index (κ1) is 10.4. The molecule has 0 unspecified atom stereocenters. The summed E-state index contributed by atoms with van der Waals surface area (Å²) in [5.74, 6) is 0. The van der Waals surface area contributed by atoms with Gasteiger partial charge in [-0.2, -0.15) is 0 Å². The van der Waals surface area contributed by atoms with E-state index in [0.29, 0.717) is 0 Å². The molecule has 0 spiro atoms. The first-order valence-corrected chi connectivity index (χ1v) is 5.98. The molecule has 1 N–H and O–H groups in total. The predicted octanol–water partition coefficient (Wildman–Crippen LogP) is 0.851. The largest absolute Gasteiger partial charge is 0.379 e. The highest BCUT2D eigenvalue weighted by Crippen LogP contribution is 2.10. The van der Waals surface area contributed by atoms with Crippen molar-refractivity contribution in [3.63, 3.8) is 0 Å². The summed E-state index contributed by atoms with van der Waals surface area (Å²) in [5.41, 5.74) is 0. The van der Waals surface area contributed by atoms with Crippen LogP contribution < -0.4 is 5.32 Å². The van der Waals surface area contributed by atoms with Gasteiger partial charge in [-0.15, -0.1) is 0 Å². The van der Waals surface area contributed by atoms with Gasteiger partial charge >= 0.3 is 0 Å². The molecular weight excluding hydrogens is 176 g/mol. The van der Waals surface area contributed by atoms with E-state index in [2.05, 4.69) is 10.2 Å². The molecule has 0 aromatic carbocycles. The lowest BCUT2D eigenvalue weighted by molar-refractivity contribution is 0.0333. The van der Waals surface area contributed by atoms with Crippen LogP contribution in [-0.2, 0) is 4.74 Å². The fraction of sp³-hybridized carbons (Fsp3) is 1.00. The molecule has 2 saturated heterocycles. The number of ether oxygens (including phenoxy) is 1. The van der Waals surface area contributed by atoms with E-state index in [1.807, 2.05) is 0 Å². The van der Waals surface area contributed by atoms with Crippen LogP contribution in [0.4, 0.5) is 0 Å². The van der Waals surface area contributed by atoms with Crippen LogP contribution in [0.2, 0.25) is 0 Å². The minimum Gasteiger partial charge on any atom is -0.379 e. The third-order valence-corrected chi connectivity index (χ3v) is 3.24. The Morgan fingerprint density at radius 2 is 2.00 bits per heavy atom. The molecule has 2 fully saturated rings. The topological polar surface area (TPSA) is 24.5 Å². The van der Waals surface area contributed by atoms with Crippen LogP contribution in [0, 0.1) is 0 Å². The van der Waals surface area contributed by atoms with Crippen LogP contribution in [0.5, 0.6) is 0 Å². The van der Waals surface area contributed by atoms with Gasteiger partial charge in [0.25, 0.3) is 0 Å². The molecule has 0 aromatic heterocycles. The van der Waals surface area contributed by atoms with Gasteiger partial charge in [0.1, 0.15) is 0 Å². The molecule has 2 heterocycles. The van der Waals surface area contributed by atoms with Crippen molar-refractivity contribution in [1.29, 1.82) is 0 Å². The molecular formula is C11H22N2O. The van der Waals surface area contributed by atoms with Gasteiger partial charge in [0, 0.05) is 25.7 Å². The van der Waals surface area contributed by atoms with Gasteiger partial charge in [0.05, 0.1) is 13.2 Å². The summed E-state index contributed by atoms with van der Waals surface area (Å²) in [6, 6.07) is 0.732. The van der Waals surface area contributed by atoms with E-state index in [0.717, 1.165) is 32.3 Å². The number of nitrogens with one attached hydrogen (secondary N) is 1. The zero-order valence-corrected chi connectivity index (χ0v) is 9.00. The molecule has 3 heteroatoms. The molecule has 14 heavy (non-hydrogen) atoms. The molecule has 1 atom stereocenters. The molecule has 2 aliphatic rings. The van der Waals surface area contributed by atoms with E-state index >= 15 is 0 Å². The van der Waals surface area contributed by atoms with E-state index in [1.54, 1.807) is 0 Å². The summed E-state index contributed by atoms with van der Waals surface area (Å²) >= 11 is 0. The predicted molar refractivity (Wildman–Crippen MR) is 57.5 cm³/mol. The van der Waals surface area contributed by atoms with Crippen molar-refractivity contribution in [2.45, 2.75) is 31.7 Å². The number of rotatable bonds is 2. The lowest BCUT2D eigenvalue weighted by Crippen LogP contribution is -2.45. The first-order chi connectivity index (χ1) is 6.95. The van der Waals surface area contributed by atoms with Crippen molar-refractivity contribution in [2.24, 2.45) is 0 Å². The van der Waals surface area contributed by atoms with E-state index < -0.39 is 0 Å². The number of nitrogens with zero attached hydrogens (tertiary/aromatic N) is 1. The summed E-state index contributed by atoms with van der Waals surface area (Å²) in [6.07, 6.45) is 5.53. The third kappa shape index (κ3) is 3.23. The third-order valence-electron chi connectivity index (χ3n) is 3.24. The zero-order valence-electron chi connectivity index (χ0n) is 9.00. The molecule has 0 bridgehead atoms. The van der Waals surface area contributed by atoms with Crippen molar-refractivity contribution in [3.05, 3.63) is 0 Å². The lowest BCUT2D eigenvalue weighted by atomic mass is 10.1. The van der Waals surface area contributed by atoms with Crippen LogP contribution in [0.25, 0.3) is 0 Å². The minimum absolute atomic E-state index is 0.732. The van der Waals surface area contributed by atoms with Gasteiger partial charge in [-0.1, -0.05) is 12.8 Å². The molecule has 0 aliphatic carbocycles. The Labute approximate surface area is 86.8 Å². The summed E-state index contributed by atoms with van der Waals surface area (Å²) in [4.78, 5) is 2.53. The molecule has 0 saturated carbocycles. The Morgan fingerprint density at radius 1 is 1.14 bits per heavy atom. The van der Waals surface area contributed by atoms with Gasteiger partial charge in [-0.3, -0.25) is 4.90 Å². The highest BCUT2D eigenvalue weighted by atomic mass is 16.5. The highest BCUT2D eigenvalue weighted by Gasteiger charge is 2.17. The van der Waals surface area contributed by atoms with Crippen molar-refractivity contribution >= 4 is 0 Å². The smallest absolute Gasteiger partial charge is 0.0594 e. The SMILES string of the molecule is C1CCN[C@@H](CN2CCOCC2)CC1. The highest BCUT2D eigenvalue weighted by molar-refractivity contribution is 4.75. The lowest BCUT2D eigenvalue weighted by Gasteiger charge is -2.30. The van der Waals surface area contributed by atoms with E-state index in [-0.39, 0.29) is 0 Å². The molecule has 2 aliphatic heterocycles. The van der Waals surface area contributed by atoms with E-state index in [9.17, 15) is 0 Å².